The Bertz CT molecular complexity index is 1000. The topological polar surface area (TPSA) is 101 Å². The Labute approximate surface area is 175 Å². The van der Waals surface area contributed by atoms with E-state index in [0.29, 0.717) is 17.5 Å². The number of fused-ring (bicyclic) bond motifs is 2. The molecule has 6 nitrogen and oxygen atoms in total. The number of carboxylic acids is 1. The Morgan fingerprint density at radius 1 is 1.20 bits per heavy atom. The molecule has 4 atom stereocenters. The molecule has 2 aromatic rings. The minimum Gasteiger partial charge on any atom is -0.480 e. The van der Waals surface area contributed by atoms with E-state index in [1.807, 2.05) is 60.4 Å². The van der Waals surface area contributed by atoms with Crippen molar-refractivity contribution in [3.8, 4) is 0 Å². The zero-order valence-corrected chi connectivity index (χ0v) is 17.0. The number of anilines is 1. The minimum absolute atomic E-state index is 0.0881. The van der Waals surface area contributed by atoms with E-state index in [1.54, 1.807) is 0 Å². The number of nitrogens with two attached hydrogens (primary N) is 1. The zero-order valence-electron chi connectivity index (χ0n) is 17.0. The molecule has 1 heterocycles. The van der Waals surface area contributed by atoms with Crippen molar-refractivity contribution in [3.63, 3.8) is 0 Å². The number of benzene rings is 2. The number of nitrogens with zero attached hydrogens (tertiary/aromatic N) is 1. The van der Waals surface area contributed by atoms with E-state index >= 15 is 0 Å². The van der Waals surface area contributed by atoms with Crippen LogP contribution in [0.5, 0.6) is 0 Å². The Morgan fingerprint density at radius 3 is 2.67 bits per heavy atom. The van der Waals surface area contributed by atoms with Crippen molar-refractivity contribution in [2.24, 2.45) is 11.7 Å². The first kappa shape index (κ1) is 20.3. The number of aryl methyl sites for hydroxylation is 1. The van der Waals surface area contributed by atoms with Crippen LogP contribution >= 0.6 is 0 Å². The van der Waals surface area contributed by atoms with Crippen molar-refractivity contribution in [1.82, 2.24) is 0 Å². The second-order valence-corrected chi connectivity index (χ2v) is 8.46. The molecular formula is C24H26N2O4. The van der Waals surface area contributed by atoms with Crippen molar-refractivity contribution in [1.29, 1.82) is 0 Å². The minimum atomic E-state index is -1.70. The third-order valence-electron chi connectivity index (χ3n) is 6.68. The monoisotopic (exact) mass is 406 g/mol. The van der Waals surface area contributed by atoms with Gasteiger partial charge in [0.15, 0.2) is 0 Å². The van der Waals surface area contributed by atoms with Crippen molar-refractivity contribution in [2.45, 2.75) is 50.1 Å². The van der Waals surface area contributed by atoms with Crippen LogP contribution in [0, 0.1) is 12.8 Å². The summed E-state index contributed by atoms with van der Waals surface area (Å²) in [5, 5.41) is 9.98. The van der Waals surface area contributed by atoms with Crippen molar-refractivity contribution < 1.29 is 19.5 Å². The number of rotatable bonds is 5. The first-order chi connectivity index (χ1) is 14.4. The summed E-state index contributed by atoms with van der Waals surface area (Å²) in [7, 11) is 0. The van der Waals surface area contributed by atoms with Gasteiger partial charge in [-0.1, -0.05) is 42.3 Å². The summed E-state index contributed by atoms with van der Waals surface area (Å²) in [5.74, 6) is -1.92. The van der Waals surface area contributed by atoms with Crippen LogP contribution in [0.4, 0.5) is 5.69 Å². The van der Waals surface area contributed by atoms with Gasteiger partial charge < -0.3 is 20.5 Å². The molecule has 30 heavy (non-hydrogen) atoms. The van der Waals surface area contributed by atoms with Gasteiger partial charge in [-0.3, -0.25) is 9.59 Å². The zero-order chi connectivity index (χ0) is 21.5. The van der Waals surface area contributed by atoms with Crippen LogP contribution in [-0.4, -0.2) is 34.8 Å². The van der Waals surface area contributed by atoms with Crippen LogP contribution in [0.25, 0.3) is 0 Å². The van der Waals surface area contributed by atoms with E-state index in [2.05, 4.69) is 0 Å². The molecule has 4 unspecified atom stereocenters. The molecule has 3 N–H and O–H groups in total. The summed E-state index contributed by atoms with van der Waals surface area (Å²) in [6.45, 7) is 1.95. The smallest absolute Gasteiger partial charge is 0.324 e. The van der Waals surface area contributed by atoms with Crippen LogP contribution in [-0.2, 0) is 9.59 Å². The standard InChI is InChI=1S/C24H26N2O4/c1-15-6-4-7-16(14-15)22(28)26-19-10-3-2-8-17(19)21(18-9-5-11-20(18)26)24(25,12-13-27)23(29)30/h2-4,6-8,10,13-14,18,20-21H,5,9,11-12,25H2,1H3,(H,29,30). The van der Waals surface area contributed by atoms with Gasteiger partial charge in [0.25, 0.3) is 5.91 Å². The molecule has 0 radical (unpaired) electrons. The van der Waals surface area contributed by atoms with Crippen molar-refractivity contribution in [3.05, 3.63) is 65.2 Å². The van der Waals surface area contributed by atoms with Gasteiger partial charge in [0.1, 0.15) is 11.8 Å². The van der Waals surface area contributed by atoms with Crippen LogP contribution < -0.4 is 10.6 Å². The average Bonchev–Trinajstić information content (AvgIpc) is 3.20. The lowest BCUT2D eigenvalue weighted by Gasteiger charge is -2.48. The molecule has 156 valence electrons. The Balaban J connectivity index is 1.88. The lowest BCUT2D eigenvalue weighted by Crippen LogP contribution is -2.60. The number of para-hydroxylation sites is 1. The molecule has 1 saturated carbocycles. The van der Waals surface area contributed by atoms with E-state index in [-0.39, 0.29) is 24.3 Å². The molecule has 0 spiro atoms. The van der Waals surface area contributed by atoms with Gasteiger partial charge >= 0.3 is 5.97 Å². The fraction of sp³-hybridized carbons (Fsp3) is 0.375. The molecular weight excluding hydrogens is 380 g/mol. The van der Waals surface area contributed by atoms with E-state index in [9.17, 15) is 19.5 Å². The van der Waals surface area contributed by atoms with Crippen LogP contribution in [0.1, 0.15) is 53.1 Å². The third kappa shape index (κ3) is 3.12. The summed E-state index contributed by atoms with van der Waals surface area (Å²) in [5.41, 5.74) is 7.75. The Kier molecular flexibility index (Phi) is 5.20. The number of aldehydes is 1. The molecule has 0 saturated heterocycles. The molecule has 1 aliphatic heterocycles. The van der Waals surface area contributed by atoms with Gasteiger partial charge in [-0.15, -0.1) is 0 Å². The number of aliphatic carboxylic acids is 1. The van der Waals surface area contributed by atoms with Gasteiger partial charge in [0.2, 0.25) is 0 Å². The quantitative estimate of drug-likeness (QED) is 0.742. The normalized spacial score (nSPS) is 24.5. The van der Waals surface area contributed by atoms with Crippen LogP contribution in [0.3, 0.4) is 0 Å². The predicted octanol–water partition coefficient (Wildman–Crippen LogP) is 3.28. The summed E-state index contributed by atoms with van der Waals surface area (Å²) < 4.78 is 0. The van der Waals surface area contributed by atoms with E-state index in [4.69, 9.17) is 5.73 Å². The maximum absolute atomic E-state index is 13.6. The van der Waals surface area contributed by atoms with Crippen molar-refractivity contribution in [2.75, 3.05) is 4.90 Å². The Morgan fingerprint density at radius 2 is 1.97 bits per heavy atom. The highest BCUT2D eigenvalue weighted by atomic mass is 16.4. The SMILES string of the molecule is Cc1cccc(C(=O)N2c3ccccc3C(C(N)(CC=O)C(=O)O)C3CCCC32)c1. The fourth-order valence-electron chi connectivity index (χ4n) is 5.38. The lowest BCUT2D eigenvalue weighted by molar-refractivity contribution is -0.146. The summed E-state index contributed by atoms with van der Waals surface area (Å²) in [6, 6.07) is 14.7. The van der Waals surface area contributed by atoms with Crippen LogP contribution in [0.2, 0.25) is 0 Å². The van der Waals surface area contributed by atoms with Gasteiger partial charge in [-0.25, -0.2) is 0 Å². The van der Waals surface area contributed by atoms with Crippen molar-refractivity contribution >= 4 is 23.9 Å². The van der Waals surface area contributed by atoms with E-state index in [0.717, 1.165) is 30.4 Å². The predicted molar refractivity (Wildman–Crippen MR) is 114 cm³/mol. The maximum atomic E-state index is 13.6. The second kappa shape index (κ2) is 7.69. The number of carboxylic acid groups (broad SMARTS) is 1. The van der Waals surface area contributed by atoms with E-state index < -0.39 is 17.4 Å². The number of carbonyl (C=O) groups excluding carboxylic acids is 2. The highest BCUT2D eigenvalue weighted by molar-refractivity contribution is 6.07. The molecule has 1 fully saturated rings. The number of carbonyl (C=O) groups is 3. The van der Waals surface area contributed by atoms with E-state index in [1.165, 1.54) is 0 Å². The lowest BCUT2D eigenvalue weighted by atomic mass is 9.66. The number of amides is 1. The van der Waals surface area contributed by atoms with Gasteiger partial charge in [0.05, 0.1) is 0 Å². The molecule has 1 amide bonds. The number of hydrogen-bond donors (Lipinski definition) is 2. The summed E-state index contributed by atoms with van der Waals surface area (Å²) >= 11 is 0. The van der Waals surface area contributed by atoms with Crippen LogP contribution in [0.15, 0.2) is 48.5 Å². The first-order valence-corrected chi connectivity index (χ1v) is 10.3. The molecule has 4 rings (SSSR count). The van der Waals surface area contributed by atoms with Gasteiger partial charge in [-0.2, -0.15) is 0 Å². The molecule has 2 aliphatic rings. The molecule has 0 aromatic heterocycles. The van der Waals surface area contributed by atoms with Gasteiger partial charge in [-0.05, 0) is 49.4 Å². The van der Waals surface area contributed by atoms with Gasteiger partial charge in [0, 0.05) is 29.6 Å². The first-order valence-electron chi connectivity index (χ1n) is 10.3. The maximum Gasteiger partial charge on any atom is 0.324 e. The largest absolute Gasteiger partial charge is 0.480 e. The molecule has 1 aliphatic carbocycles. The molecule has 2 aromatic carbocycles. The molecule has 0 bridgehead atoms. The summed E-state index contributed by atoms with van der Waals surface area (Å²) in [6.07, 6.45) is 2.76. The molecule has 6 heteroatoms. The Hall–Kier alpha value is -2.99. The average molecular weight is 406 g/mol. The second-order valence-electron chi connectivity index (χ2n) is 8.46. The highest BCUT2D eigenvalue weighted by Gasteiger charge is 2.55. The fourth-order valence-corrected chi connectivity index (χ4v) is 5.38. The third-order valence-corrected chi connectivity index (χ3v) is 6.68. The number of hydrogen-bond acceptors (Lipinski definition) is 4. The summed E-state index contributed by atoms with van der Waals surface area (Å²) in [4.78, 5) is 39.0. The highest BCUT2D eigenvalue weighted by Crippen LogP contribution is 2.53.